The summed E-state index contributed by atoms with van der Waals surface area (Å²) >= 11 is 0. The summed E-state index contributed by atoms with van der Waals surface area (Å²) in [6.07, 6.45) is 2.00. The number of carbonyl (C=O) groups excluding carboxylic acids is 2. The van der Waals surface area contributed by atoms with Crippen molar-refractivity contribution in [1.29, 1.82) is 0 Å². The van der Waals surface area contributed by atoms with Crippen molar-refractivity contribution in [3.05, 3.63) is 89.5 Å². The number of nitrogens with zero attached hydrogens (tertiary/aromatic N) is 2. The zero-order valence-corrected chi connectivity index (χ0v) is 25.2. The fourth-order valence-corrected chi connectivity index (χ4v) is 5.76. The number of sulfonamides is 1. The van der Waals surface area contributed by atoms with Gasteiger partial charge in [-0.25, -0.2) is 8.42 Å². The molecule has 0 aromatic heterocycles. The maximum Gasteiger partial charge on any atom is 0.244 e. The Bertz CT molecular complexity index is 1460. The van der Waals surface area contributed by atoms with Gasteiger partial charge in [0.2, 0.25) is 28.6 Å². The van der Waals surface area contributed by atoms with Gasteiger partial charge < -0.3 is 19.7 Å². The Balaban J connectivity index is 1.72. The highest BCUT2D eigenvalue weighted by atomic mass is 32.2. The van der Waals surface area contributed by atoms with Gasteiger partial charge >= 0.3 is 0 Å². The molecule has 42 heavy (non-hydrogen) atoms. The van der Waals surface area contributed by atoms with Gasteiger partial charge in [-0.05, 0) is 43.5 Å². The molecular formula is C32H39N3O6S. The lowest BCUT2D eigenvalue weighted by Gasteiger charge is -2.34. The molecule has 9 nitrogen and oxygen atoms in total. The number of carbonyl (C=O) groups is 2. The van der Waals surface area contributed by atoms with Gasteiger partial charge in [0, 0.05) is 25.6 Å². The molecule has 3 aromatic carbocycles. The number of ether oxygens (including phenoxy) is 2. The van der Waals surface area contributed by atoms with E-state index in [-0.39, 0.29) is 37.1 Å². The molecule has 1 atom stereocenters. The van der Waals surface area contributed by atoms with Crippen molar-refractivity contribution in [2.75, 3.05) is 29.9 Å². The predicted molar refractivity (Wildman–Crippen MR) is 163 cm³/mol. The SMILES string of the molecule is CCCCNC(=O)C(Cc1ccccc1)N(Cc1ccc(C)cc1)C(=O)CN(c1ccc2c(c1)OCO2)S(=O)(=O)CC. The Morgan fingerprint density at radius 3 is 2.33 bits per heavy atom. The Hall–Kier alpha value is -4.05. The summed E-state index contributed by atoms with van der Waals surface area (Å²) in [6.45, 7) is 5.74. The van der Waals surface area contributed by atoms with Crippen LogP contribution in [-0.2, 0) is 32.6 Å². The monoisotopic (exact) mass is 593 g/mol. The first-order valence-electron chi connectivity index (χ1n) is 14.3. The zero-order chi connectivity index (χ0) is 30.1. The van der Waals surface area contributed by atoms with E-state index in [1.54, 1.807) is 18.2 Å². The Labute approximate surface area is 248 Å². The van der Waals surface area contributed by atoms with Crippen LogP contribution in [0.2, 0.25) is 0 Å². The van der Waals surface area contributed by atoms with E-state index in [2.05, 4.69) is 5.32 Å². The second-order valence-electron chi connectivity index (χ2n) is 10.3. The van der Waals surface area contributed by atoms with E-state index in [9.17, 15) is 18.0 Å². The summed E-state index contributed by atoms with van der Waals surface area (Å²) in [4.78, 5) is 29.4. The highest BCUT2D eigenvalue weighted by molar-refractivity contribution is 7.92. The van der Waals surface area contributed by atoms with Crippen LogP contribution in [0.5, 0.6) is 11.5 Å². The molecule has 224 valence electrons. The molecule has 1 aliphatic heterocycles. The summed E-state index contributed by atoms with van der Waals surface area (Å²) in [5, 5.41) is 2.99. The van der Waals surface area contributed by atoms with Crippen molar-refractivity contribution < 1.29 is 27.5 Å². The quantitative estimate of drug-likeness (QED) is 0.277. The van der Waals surface area contributed by atoms with E-state index in [0.29, 0.717) is 18.0 Å². The van der Waals surface area contributed by atoms with Gasteiger partial charge in [0.1, 0.15) is 12.6 Å². The van der Waals surface area contributed by atoms with Crippen LogP contribution >= 0.6 is 0 Å². The number of amides is 2. The largest absolute Gasteiger partial charge is 0.454 e. The molecule has 4 rings (SSSR count). The smallest absolute Gasteiger partial charge is 0.244 e. The van der Waals surface area contributed by atoms with Crippen molar-refractivity contribution in [2.45, 2.75) is 52.6 Å². The normalized spacial score (nSPS) is 12.9. The van der Waals surface area contributed by atoms with E-state index >= 15 is 0 Å². The van der Waals surface area contributed by atoms with Crippen molar-refractivity contribution in [2.24, 2.45) is 0 Å². The third-order valence-corrected chi connectivity index (χ3v) is 8.94. The van der Waals surface area contributed by atoms with Crippen LogP contribution in [0, 0.1) is 6.92 Å². The van der Waals surface area contributed by atoms with Gasteiger partial charge in [0.15, 0.2) is 11.5 Å². The highest BCUT2D eigenvalue weighted by Crippen LogP contribution is 2.36. The van der Waals surface area contributed by atoms with Crippen LogP contribution in [-0.4, -0.2) is 56.8 Å². The van der Waals surface area contributed by atoms with Crippen LogP contribution in [0.4, 0.5) is 5.69 Å². The molecule has 0 aliphatic carbocycles. The molecule has 3 aromatic rings. The lowest BCUT2D eigenvalue weighted by molar-refractivity contribution is -0.140. The number of hydrogen-bond acceptors (Lipinski definition) is 6. The first-order chi connectivity index (χ1) is 20.2. The molecule has 0 radical (unpaired) electrons. The van der Waals surface area contributed by atoms with Gasteiger partial charge in [0.05, 0.1) is 11.4 Å². The van der Waals surface area contributed by atoms with E-state index in [1.807, 2.05) is 68.4 Å². The lowest BCUT2D eigenvalue weighted by Crippen LogP contribution is -2.53. The van der Waals surface area contributed by atoms with Crippen LogP contribution in [0.15, 0.2) is 72.8 Å². The van der Waals surface area contributed by atoms with E-state index in [1.165, 1.54) is 11.8 Å². The Morgan fingerprint density at radius 1 is 0.929 bits per heavy atom. The summed E-state index contributed by atoms with van der Waals surface area (Å²) in [5.41, 5.74) is 3.08. The van der Waals surface area contributed by atoms with Gasteiger partial charge in [-0.1, -0.05) is 73.5 Å². The standard InChI is InChI=1S/C32H39N3O6S/c1-4-6-18-33-32(37)28(19-25-10-8-7-9-11-25)34(21-26-14-12-24(3)13-15-26)31(36)22-35(42(38,39)5-2)27-16-17-29-30(20-27)41-23-40-29/h7-17,20,28H,4-6,18-19,21-23H2,1-3H3,(H,33,37). The summed E-state index contributed by atoms with van der Waals surface area (Å²) in [5.74, 6) is -0.0633. The molecular weight excluding hydrogens is 554 g/mol. The third-order valence-electron chi connectivity index (χ3n) is 7.20. The van der Waals surface area contributed by atoms with Crippen molar-refractivity contribution >= 4 is 27.5 Å². The summed E-state index contributed by atoms with van der Waals surface area (Å²) in [6, 6.07) is 21.2. The minimum atomic E-state index is -3.87. The number of unbranched alkanes of at least 4 members (excludes halogenated alkanes) is 1. The number of anilines is 1. The second-order valence-corrected chi connectivity index (χ2v) is 12.5. The van der Waals surface area contributed by atoms with E-state index < -0.39 is 28.5 Å². The number of hydrogen-bond donors (Lipinski definition) is 1. The minimum absolute atomic E-state index is 0.0386. The van der Waals surface area contributed by atoms with Crippen molar-refractivity contribution in [3.8, 4) is 11.5 Å². The molecule has 1 unspecified atom stereocenters. The van der Waals surface area contributed by atoms with Gasteiger partial charge in [0.25, 0.3) is 0 Å². The molecule has 2 amide bonds. The van der Waals surface area contributed by atoms with Gasteiger partial charge in [-0.3, -0.25) is 13.9 Å². The summed E-state index contributed by atoms with van der Waals surface area (Å²) in [7, 11) is -3.87. The lowest BCUT2D eigenvalue weighted by atomic mass is 10.0. The highest BCUT2D eigenvalue weighted by Gasteiger charge is 2.34. The second kappa shape index (κ2) is 14.2. The average molecular weight is 594 g/mol. The number of fused-ring (bicyclic) bond motifs is 1. The van der Waals surface area contributed by atoms with E-state index in [4.69, 9.17) is 9.47 Å². The number of benzene rings is 3. The molecule has 1 heterocycles. The number of rotatable bonds is 14. The predicted octanol–water partition coefficient (Wildman–Crippen LogP) is 4.44. The number of nitrogens with one attached hydrogen (secondary N) is 1. The third kappa shape index (κ3) is 7.82. The molecule has 0 spiro atoms. The zero-order valence-electron chi connectivity index (χ0n) is 24.4. The maximum atomic E-state index is 14.2. The number of aryl methyl sites for hydroxylation is 1. The molecule has 1 aliphatic rings. The first kappa shape index (κ1) is 30.9. The molecule has 0 bridgehead atoms. The van der Waals surface area contributed by atoms with Crippen LogP contribution in [0.25, 0.3) is 0 Å². The van der Waals surface area contributed by atoms with Gasteiger partial charge in [-0.15, -0.1) is 0 Å². The molecule has 0 fully saturated rings. The average Bonchev–Trinajstić information content (AvgIpc) is 3.47. The Morgan fingerprint density at radius 2 is 1.64 bits per heavy atom. The fourth-order valence-electron chi connectivity index (χ4n) is 4.71. The van der Waals surface area contributed by atoms with Crippen molar-refractivity contribution in [3.63, 3.8) is 0 Å². The molecule has 0 saturated heterocycles. The molecule has 1 N–H and O–H groups in total. The Kier molecular flexibility index (Phi) is 10.5. The first-order valence-corrected chi connectivity index (χ1v) is 15.9. The maximum absolute atomic E-state index is 14.2. The topological polar surface area (TPSA) is 105 Å². The van der Waals surface area contributed by atoms with Crippen LogP contribution in [0.3, 0.4) is 0 Å². The van der Waals surface area contributed by atoms with Crippen molar-refractivity contribution in [1.82, 2.24) is 10.2 Å². The fraction of sp³-hybridized carbons (Fsp3) is 0.375. The summed E-state index contributed by atoms with van der Waals surface area (Å²) < 4.78 is 38.6. The van der Waals surface area contributed by atoms with Crippen LogP contribution in [0.1, 0.15) is 43.4 Å². The van der Waals surface area contributed by atoms with Gasteiger partial charge in [-0.2, -0.15) is 0 Å². The minimum Gasteiger partial charge on any atom is -0.454 e. The van der Waals surface area contributed by atoms with Crippen LogP contribution < -0.4 is 19.1 Å². The molecule has 10 heteroatoms. The van der Waals surface area contributed by atoms with E-state index in [0.717, 1.165) is 33.8 Å². The molecule has 0 saturated carbocycles.